The van der Waals surface area contributed by atoms with Gasteiger partial charge in [-0.1, -0.05) is 27.7 Å². The van der Waals surface area contributed by atoms with E-state index in [0.717, 1.165) is 33.6 Å². The number of pyridine rings is 1. The third-order valence-corrected chi connectivity index (χ3v) is 5.65. The van der Waals surface area contributed by atoms with E-state index in [9.17, 15) is 13.6 Å². The highest BCUT2D eigenvalue weighted by Crippen LogP contribution is 2.28. The van der Waals surface area contributed by atoms with E-state index in [0.29, 0.717) is 17.0 Å². The van der Waals surface area contributed by atoms with Gasteiger partial charge in [0, 0.05) is 34.2 Å². The number of rotatable bonds is 6. The number of anilines is 1. The van der Waals surface area contributed by atoms with Gasteiger partial charge in [-0.3, -0.25) is 14.3 Å². The van der Waals surface area contributed by atoms with Crippen LogP contribution in [0.2, 0.25) is 0 Å². The molecule has 0 saturated heterocycles. The molecule has 2 heterocycles. The summed E-state index contributed by atoms with van der Waals surface area (Å²) in [5.74, 6) is -1.45. The second-order valence-corrected chi connectivity index (χ2v) is 8.17. The van der Waals surface area contributed by atoms with E-state index in [-0.39, 0.29) is 11.4 Å². The number of thioether (sulfide) groups is 1. The third kappa shape index (κ3) is 4.97. The molecule has 0 aliphatic rings. The Morgan fingerprint density at radius 1 is 1.03 bits per heavy atom. The van der Waals surface area contributed by atoms with E-state index >= 15 is 0 Å². The molecule has 4 rings (SSSR count). The highest BCUT2D eigenvalue weighted by atomic mass is 79.9. The summed E-state index contributed by atoms with van der Waals surface area (Å²) in [4.78, 5) is 16.4. The third-order valence-electron chi connectivity index (χ3n) is 4.19. The molecule has 2 aromatic heterocycles. The fourth-order valence-corrected chi connectivity index (χ4v) is 3.80. The molecule has 156 valence electrons. The minimum Gasteiger partial charge on any atom is -0.323 e. The number of hydrogen-bond acceptors (Lipinski definition) is 5. The summed E-state index contributed by atoms with van der Waals surface area (Å²) in [6.07, 6.45) is 3.32. The molecular formula is C21H14BrF2N5OS. The van der Waals surface area contributed by atoms with Gasteiger partial charge in [0.2, 0.25) is 5.91 Å². The van der Waals surface area contributed by atoms with Crippen molar-refractivity contribution in [1.29, 1.82) is 0 Å². The van der Waals surface area contributed by atoms with Crippen LogP contribution in [0, 0.1) is 11.6 Å². The van der Waals surface area contributed by atoms with Gasteiger partial charge >= 0.3 is 0 Å². The molecule has 6 nitrogen and oxygen atoms in total. The van der Waals surface area contributed by atoms with E-state index in [1.54, 1.807) is 12.4 Å². The summed E-state index contributed by atoms with van der Waals surface area (Å²) in [6, 6.07) is 14.2. The zero-order valence-corrected chi connectivity index (χ0v) is 18.2. The molecule has 0 radical (unpaired) electrons. The van der Waals surface area contributed by atoms with Crippen molar-refractivity contribution < 1.29 is 13.6 Å². The van der Waals surface area contributed by atoms with E-state index in [1.165, 1.54) is 6.07 Å². The first-order chi connectivity index (χ1) is 15.0. The molecule has 2 aromatic carbocycles. The molecule has 0 aliphatic heterocycles. The summed E-state index contributed by atoms with van der Waals surface area (Å²) in [6.45, 7) is 0. The number of aromatic nitrogens is 4. The van der Waals surface area contributed by atoms with Crippen molar-refractivity contribution in [1.82, 2.24) is 19.7 Å². The Kier molecular flexibility index (Phi) is 6.38. The predicted molar refractivity (Wildman–Crippen MR) is 118 cm³/mol. The molecule has 4 aromatic rings. The summed E-state index contributed by atoms with van der Waals surface area (Å²) in [7, 11) is 0. The van der Waals surface area contributed by atoms with Gasteiger partial charge in [-0.2, -0.15) is 0 Å². The Bertz CT molecular complexity index is 1220. The van der Waals surface area contributed by atoms with E-state index in [4.69, 9.17) is 0 Å². The van der Waals surface area contributed by atoms with Crippen LogP contribution in [0.15, 0.2) is 76.6 Å². The van der Waals surface area contributed by atoms with Gasteiger partial charge in [-0.05, 0) is 48.5 Å². The lowest BCUT2D eigenvalue weighted by molar-refractivity contribution is -0.113. The van der Waals surface area contributed by atoms with Crippen molar-refractivity contribution in [2.45, 2.75) is 5.16 Å². The van der Waals surface area contributed by atoms with Crippen LogP contribution >= 0.6 is 27.7 Å². The number of hydrogen-bond donors (Lipinski definition) is 1. The normalized spacial score (nSPS) is 10.8. The molecule has 0 bridgehead atoms. The standard InChI is InChI=1S/C21H14BrF2N5OS/c22-14-1-4-16(5-2-14)29-20(13-7-9-25-10-8-13)27-28-21(29)31-12-19(30)26-18-6-3-15(23)11-17(18)24/h1-11H,12H2,(H,26,30). The zero-order valence-electron chi connectivity index (χ0n) is 15.8. The first-order valence-electron chi connectivity index (χ1n) is 9.01. The van der Waals surface area contributed by atoms with Gasteiger partial charge in [0.05, 0.1) is 11.4 Å². The number of carbonyl (C=O) groups excluding carboxylic acids is 1. The molecule has 10 heteroatoms. The summed E-state index contributed by atoms with van der Waals surface area (Å²) < 4.78 is 29.6. The van der Waals surface area contributed by atoms with Crippen LogP contribution < -0.4 is 5.32 Å². The average molecular weight is 502 g/mol. The number of nitrogens with one attached hydrogen (secondary N) is 1. The number of halogens is 3. The Hall–Kier alpha value is -3.11. The van der Waals surface area contributed by atoms with E-state index < -0.39 is 17.5 Å². The van der Waals surface area contributed by atoms with Gasteiger partial charge in [0.1, 0.15) is 11.6 Å². The molecule has 0 aliphatic carbocycles. The average Bonchev–Trinajstić information content (AvgIpc) is 3.19. The Labute approximate surface area is 188 Å². The predicted octanol–water partition coefficient (Wildman–Crippen LogP) is 5.10. The van der Waals surface area contributed by atoms with Crippen LogP contribution in [0.1, 0.15) is 0 Å². The molecule has 0 atom stereocenters. The van der Waals surface area contributed by atoms with E-state index in [1.807, 2.05) is 41.0 Å². The molecule has 0 saturated carbocycles. The first kappa shape index (κ1) is 21.1. The smallest absolute Gasteiger partial charge is 0.234 e. The van der Waals surface area contributed by atoms with Gasteiger partial charge in [0.15, 0.2) is 11.0 Å². The molecule has 31 heavy (non-hydrogen) atoms. The SMILES string of the molecule is O=C(CSc1nnc(-c2ccncc2)n1-c1ccc(Br)cc1)Nc1ccc(F)cc1F. The highest BCUT2D eigenvalue weighted by molar-refractivity contribution is 9.10. The maximum Gasteiger partial charge on any atom is 0.234 e. The van der Waals surface area contributed by atoms with Crippen molar-refractivity contribution in [2.24, 2.45) is 0 Å². The second kappa shape index (κ2) is 9.36. The Morgan fingerprint density at radius 3 is 2.48 bits per heavy atom. The summed E-state index contributed by atoms with van der Waals surface area (Å²) >= 11 is 4.57. The number of amides is 1. The number of benzene rings is 2. The van der Waals surface area contributed by atoms with E-state index in [2.05, 4.69) is 36.4 Å². The number of carbonyl (C=O) groups is 1. The second-order valence-electron chi connectivity index (χ2n) is 6.31. The first-order valence-corrected chi connectivity index (χ1v) is 10.8. The van der Waals surface area contributed by atoms with Crippen LogP contribution in [0.4, 0.5) is 14.5 Å². The summed E-state index contributed by atoms with van der Waals surface area (Å²) in [5.41, 5.74) is 1.54. The van der Waals surface area contributed by atoms with Gasteiger partial charge in [0.25, 0.3) is 0 Å². The van der Waals surface area contributed by atoms with Crippen molar-refractivity contribution >= 4 is 39.3 Å². The maximum absolute atomic E-state index is 13.8. The van der Waals surface area contributed by atoms with Gasteiger partial charge in [-0.25, -0.2) is 8.78 Å². The van der Waals surface area contributed by atoms with Crippen molar-refractivity contribution in [3.05, 3.63) is 83.1 Å². The fourth-order valence-electron chi connectivity index (χ4n) is 2.78. The van der Waals surface area contributed by atoms with Crippen LogP contribution in [0.25, 0.3) is 17.1 Å². The Morgan fingerprint density at radius 2 is 1.77 bits per heavy atom. The Balaban J connectivity index is 1.58. The molecule has 0 unspecified atom stereocenters. The quantitative estimate of drug-likeness (QED) is 0.372. The molecule has 1 N–H and O–H groups in total. The lowest BCUT2D eigenvalue weighted by Crippen LogP contribution is -2.15. The van der Waals surface area contributed by atoms with Gasteiger partial charge in [-0.15, -0.1) is 10.2 Å². The molecular weight excluding hydrogens is 488 g/mol. The minimum absolute atomic E-state index is 0.0399. The van der Waals surface area contributed by atoms with Crippen molar-refractivity contribution in [3.63, 3.8) is 0 Å². The van der Waals surface area contributed by atoms with Crippen LogP contribution in [-0.2, 0) is 4.79 Å². The fraction of sp³-hybridized carbons (Fsp3) is 0.0476. The molecule has 0 fully saturated rings. The van der Waals surface area contributed by atoms with Gasteiger partial charge < -0.3 is 5.32 Å². The monoisotopic (exact) mass is 501 g/mol. The number of nitrogens with zero attached hydrogens (tertiary/aromatic N) is 4. The largest absolute Gasteiger partial charge is 0.323 e. The van der Waals surface area contributed by atoms with Crippen LogP contribution in [0.3, 0.4) is 0 Å². The minimum atomic E-state index is -0.837. The molecule has 0 spiro atoms. The van der Waals surface area contributed by atoms with Crippen molar-refractivity contribution in [2.75, 3.05) is 11.1 Å². The summed E-state index contributed by atoms with van der Waals surface area (Å²) in [5, 5.41) is 11.5. The lowest BCUT2D eigenvalue weighted by atomic mass is 10.2. The maximum atomic E-state index is 13.8. The highest BCUT2D eigenvalue weighted by Gasteiger charge is 2.18. The van der Waals surface area contributed by atoms with Crippen LogP contribution in [0.5, 0.6) is 0 Å². The van der Waals surface area contributed by atoms with Crippen molar-refractivity contribution in [3.8, 4) is 17.1 Å². The molecule has 1 amide bonds. The zero-order chi connectivity index (χ0) is 21.8. The lowest BCUT2D eigenvalue weighted by Gasteiger charge is -2.11. The van der Waals surface area contributed by atoms with Crippen LogP contribution in [-0.4, -0.2) is 31.4 Å². The topological polar surface area (TPSA) is 72.7 Å².